The van der Waals surface area contributed by atoms with Gasteiger partial charge in [0.15, 0.2) is 0 Å². The molecule has 0 aliphatic heterocycles. The Labute approximate surface area is 140 Å². The summed E-state index contributed by atoms with van der Waals surface area (Å²) in [5.74, 6) is 2.53. The number of rotatable bonds is 4. The number of halogens is 1. The third kappa shape index (κ3) is 4.70. The van der Waals surface area contributed by atoms with Gasteiger partial charge in [0.2, 0.25) is 0 Å². The van der Waals surface area contributed by atoms with Gasteiger partial charge in [-0.05, 0) is 68.1 Å². The van der Waals surface area contributed by atoms with Crippen LogP contribution < -0.4 is 0 Å². The Morgan fingerprint density at radius 1 is 1.14 bits per heavy atom. The highest BCUT2D eigenvalue weighted by molar-refractivity contribution is 9.09. The van der Waals surface area contributed by atoms with E-state index in [1.54, 1.807) is 0 Å². The highest BCUT2D eigenvalue weighted by atomic mass is 79.9. The SMILES string of the molecule is CC1CC(OC2(CBr)CCC(C(C)C)CC2)CC(C)(C)C1. The molecule has 0 N–H and O–H groups in total. The largest absolute Gasteiger partial charge is 0.371 e. The van der Waals surface area contributed by atoms with Crippen molar-refractivity contribution in [3.63, 3.8) is 0 Å². The first-order chi connectivity index (χ1) is 9.75. The van der Waals surface area contributed by atoms with Crippen molar-refractivity contribution in [1.82, 2.24) is 0 Å². The highest BCUT2D eigenvalue weighted by Gasteiger charge is 2.41. The van der Waals surface area contributed by atoms with Crippen LogP contribution in [-0.2, 0) is 4.74 Å². The molecule has 2 fully saturated rings. The molecule has 124 valence electrons. The van der Waals surface area contributed by atoms with E-state index in [9.17, 15) is 0 Å². The van der Waals surface area contributed by atoms with E-state index in [1.807, 2.05) is 0 Å². The van der Waals surface area contributed by atoms with Gasteiger partial charge in [-0.15, -0.1) is 0 Å². The summed E-state index contributed by atoms with van der Waals surface area (Å²) < 4.78 is 6.76. The first kappa shape index (κ1) is 17.8. The summed E-state index contributed by atoms with van der Waals surface area (Å²) in [6.07, 6.45) is 9.48. The van der Waals surface area contributed by atoms with E-state index in [4.69, 9.17) is 4.74 Å². The van der Waals surface area contributed by atoms with Crippen molar-refractivity contribution in [3.05, 3.63) is 0 Å². The van der Waals surface area contributed by atoms with Crippen molar-refractivity contribution in [1.29, 1.82) is 0 Å². The maximum atomic E-state index is 6.76. The van der Waals surface area contributed by atoms with Crippen molar-refractivity contribution in [2.45, 2.75) is 91.3 Å². The Balaban J connectivity index is 1.96. The fourth-order valence-corrected chi connectivity index (χ4v) is 5.51. The van der Waals surface area contributed by atoms with Gasteiger partial charge in [0.05, 0.1) is 11.7 Å². The molecule has 0 aromatic carbocycles. The summed E-state index contributed by atoms with van der Waals surface area (Å²) in [6, 6.07) is 0. The summed E-state index contributed by atoms with van der Waals surface area (Å²) in [5, 5.41) is 1.01. The molecule has 2 saturated carbocycles. The first-order valence-corrected chi connectivity index (χ1v) is 10.1. The fourth-order valence-electron chi connectivity index (χ4n) is 4.82. The van der Waals surface area contributed by atoms with Crippen molar-refractivity contribution in [3.8, 4) is 0 Å². The third-order valence-corrected chi connectivity index (χ3v) is 6.91. The minimum atomic E-state index is 0.114. The Morgan fingerprint density at radius 3 is 2.24 bits per heavy atom. The summed E-state index contributed by atoms with van der Waals surface area (Å²) in [5.41, 5.74) is 0.564. The lowest BCUT2D eigenvalue weighted by Gasteiger charge is -2.46. The van der Waals surface area contributed by atoms with E-state index in [2.05, 4.69) is 50.5 Å². The second-order valence-electron chi connectivity index (χ2n) is 9.05. The molecule has 2 aliphatic rings. The molecule has 0 spiro atoms. The lowest BCUT2D eigenvalue weighted by atomic mass is 9.71. The second kappa shape index (κ2) is 6.91. The molecule has 1 nitrogen and oxygen atoms in total. The lowest BCUT2D eigenvalue weighted by molar-refractivity contribution is -0.135. The monoisotopic (exact) mass is 358 g/mol. The average molecular weight is 359 g/mol. The summed E-state index contributed by atoms with van der Waals surface area (Å²) in [4.78, 5) is 0. The normalized spacial score (nSPS) is 40.4. The molecule has 0 radical (unpaired) electrons. The minimum absolute atomic E-state index is 0.114. The average Bonchev–Trinajstić information content (AvgIpc) is 2.36. The Bertz CT molecular complexity index is 328. The van der Waals surface area contributed by atoms with Crippen molar-refractivity contribution >= 4 is 15.9 Å². The van der Waals surface area contributed by atoms with Crippen LogP contribution >= 0.6 is 15.9 Å². The predicted molar refractivity (Wildman–Crippen MR) is 95.0 cm³/mol. The molecule has 0 aromatic rings. The number of hydrogen-bond donors (Lipinski definition) is 0. The Morgan fingerprint density at radius 2 is 1.76 bits per heavy atom. The quantitative estimate of drug-likeness (QED) is 0.543. The third-order valence-electron chi connectivity index (χ3n) is 5.89. The Kier molecular flexibility index (Phi) is 5.85. The van der Waals surface area contributed by atoms with Crippen LogP contribution in [0.15, 0.2) is 0 Å². The van der Waals surface area contributed by atoms with Crippen molar-refractivity contribution < 1.29 is 4.74 Å². The maximum absolute atomic E-state index is 6.76. The zero-order valence-corrected chi connectivity index (χ0v) is 16.3. The van der Waals surface area contributed by atoms with E-state index >= 15 is 0 Å². The molecule has 0 heterocycles. The molecule has 2 rings (SSSR count). The van der Waals surface area contributed by atoms with Crippen molar-refractivity contribution in [2.24, 2.45) is 23.2 Å². The van der Waals surface area contributed by atoms with Gasteiger partial charge in [0.25, 0.3) is 0 Å². The van der Waals surface area contributed by atoms with Crippen LogP contribution in [0.2, 0.25) is 0 Å². The molecular formula is C19H35BrO. The first-order valence-electron chi connectivity index (χ1n) is 8.99. The maximum Gasteiger partial charge on any atom is 0.0782 e. The highest BCUT2D eigenvalue weighted by Crippen LogP contribution is 2.45. The predicted octanol–water partition coefficient (Wildman–Crippen LogP) is 6.20. The number of alkyl halides is 1. The van der Waals surface area contributed by atoms with Gasteiger partial charge in [-0.1, -0.05) is 50.5 Å². The standard InChI is InChI=1S/C19H35BrO/c1-14(2)16-6-8-19(13-20,9-7-16)21-17-10-15(3)11-18(4,5)12-17/h14-17H,6-13H2,1-5H3. The van der Waals surface area contributed by atoms with Gasteiger partial charge < -0.3 is 4.74 Å². The zero-order valence-electron chi connectivity index (χ0n) is 14.8. The minimum Gasteiger partial charge on any atom is -0.371 e. The summed E-state index contributed by atoms with van der Waals surface area (Å²) in [7, 11) is 0. The van der Waals surface area contributed by atoms with Crippen LogP contribution in [-0.4, -0.2) is 17.0 Å². The smallest absolute Gasteiger partial charge is 0.0782 e. The Hall–Kier alpha value is 0.440. The van der Waals surface area contributed by atoms with E-state index < -0.39 is 0 Å². The lowest BCUT2D eigenvalue weighted by Crippen LogP contribution is -2.45. The molecule has 0 saturated heterocycles. The van der Waals surface area contributed by atoms with E-state index in [0.717, 1.165) is 23.1 Å². The number of hydrogen-bond acceptors (Lipinski definition) is 1. The van der Waals surface area contributed by atoms with E-state index in [-0.39, 0.29) is 5.60 Å². The molecular weight excluding hydrogens is 324 g/mol. The van der Waals surface area contributed by atoms with Crippen molar-refractivity contribution in [2.75, 3.05) is 5.33 Å². The topological polar surface area (TPSA) is 9.23 Å². The zero-order chi connectivity index (χ0) is 15.7. The molecule has 2 atom stereocenters. The number of ether oxygens (including phenoxy) is 1. The van der Waals surface area contributed by atoms with Crippen LogP contribution in [0.4, 0.5) is 0 Å². The molecule has 0 amide bonds. The summed E-state index contributed by atoms with van der Waals surface area (Å²) in [6.45, 7) is 12.0. The van der Waals surface area contributed by atoms with Crippen LogP contribution in [0.25, 0.3) is 0 Å². The van der Waals surface area contributed by atoms with E-state index in [0.29, 0.717) is 11.5 Å². The van der Waals surface area contributed by atoms with Gasteiger partial charge in [-0.3, -0.25) is 0 Å². The molecule has 2 unspecified atom stereocenters. The van der Waals surface area contributed by atoms with Crippen LogP contribution in [0, 0.1) is 23.2 Å². The molecule has 2 aliphatic carbocycles. The summed E-state index contributed by atoms with van der Waals surface area (Å²) >= 11 is 3.77. The molecule has 0 aromatic heterocycles. The van der Waals surface area contributed by atoms with Crippen LogP contribution in [0.5, 0.6) is 0 Å². The molecule has 2 heteroatoms. The van der Waals surface area contributed by atoms with Gasteiger partial charge in [-0.25, -0.2) is 0 Å². The van der Waals surface area contributed by atoms with Gasteiger partial charge in [-0.2, -0.15) is 0 Å². The van der Waals surface area contributed by atoms with Crippen LogP contribution in [0.3, 0.4) is 0 Å². The van der Waals surface area contributed by atoms with Crippen LogP contribution in [0.1, 0.15) is 79.6 Å². The van der Waals surface area contributed by atoms with Gasteiger partial charge >= 0.3 is 0 Å². The van der Waals surface area contributed by atoms with Gasteiger partial charge in [0, 0.05) is 5.33 Å². The molecule has 0 bridgehead atoms. The molecule has 21 heavy (non-hydrogen) atoms. The fraction of sp³-hybridized carbons (Fsp3) is 1.00. The second-order valence-corrected chi connectivity index (χ2v) is 9.61. The van der Waals surface area contributed by atoms with E-state index in [1.165, 1.54) is 44.9 Å². The van der Waals surface area contributed by atoms with Gasteiger partial charge in [0.1, 0.15) is 0 Å².